The Balaban J connectivity index is 1.73. The molecule has 2 rings (SSSR count). The molecule has 0 heterocycles. The third-order valence-electron chi connectivity index (χ3n) is 2.39. The average molecular weight is 148 g/mol. The first kappa shape index (κ1) is 7.11. The average Bonchev–Trinajstić information content (AvgIpc) is 2.60. The first-order chi connectivity index (χ1) is 5.45. The Labute approximate surface area is 68.2 Å². The van der Waals surface area contributed by atoms with Crippen LogP contribution >= 0.6 is 0 Å². The van der Waals surface area contributed by atoms with Crippen LogP contribution < -0.4 is 5.32 Å². The van der Waals surface area contributed by atoms with Crippen molar-refractivity contribution in [3.63, 3.8) is 0 Å². The van der Waals surface area contributed by atoms with Gasteiger partial charge in [0.1, 0.15) is 0 Å². The van der Waals surface area contributed by atoms with Gasteiger partial charge in [-0.2, -0.15) is 0 Å². The van der Waals surface area contributed by atoms with Gasteiger partial charge in [0.15, 0.2) is 0 Å². The molecule has 0 fully saturated rings. The monoisotopic (exact) mass is 148 g/mol. The third kappa shape index (κ3) is 1.72. The second kappa shape index (κ2) is 3.22. The van der Waals surface area contributed by atoms with Crippen molar-refractivity contribution in [3.8, 4) is 0 Å². The lowest BCUT2D eigenvalue weighted by Crippen LogP contribution is -2.27. The Kier molecular flexibility index (Phi) is 2.08. The van der Waals surface area contributed by atoms with Crippen LogP contribution in [-0.2, 0) is 0 Å². The molecule has 0 saturated heterocycles. The lowest BCUT2D eigenvalue weighted by atomic mass is 10.1. The SMILES string of the molecule is C1=CCC([N]C2CC=CC2)C1. The zero-order valence-electron chi connectivity index (χ0n) is 6.74. The molecule has 0 unspecified atom stereocenters. The number of nitrogens with zero attached hydrogens (tertiary/aromatic N) is 1. The predicted octanol–water partition coefficient (Wildman–Crippen LogP) is 2.03. The highest BCUT2D eigenvalue weighted by atomic mass is 14.9. The maximum Gasteiger partial charge on any atom is 0.0318 e. The van der Waals surface area contributed by atoms with Crippen molar-refractivity contribution >= 4 is 0 Å². The Morgan fingerprint density at radius 2 is 1.09 bits per heavy atom. The molecule has 0 amide bonds. The maximum absolute atomic E-state index is 4.75. The van der Waals surface area contributed by atoms with Crippen LogP contribution in [0.4, 0.5) is 0 Å². The van der Waals surface area contributed by atoms with Crippen LogP contribution in [-0.4, -0.2) is 12.1 Å². The molecule has 0 spiro atoms. The van der Waals surface area contributed by atoms with E-state index in [1.807, 2.05) is 0 Å². The largest absolute Gasteiger partial charge is 0.234 e. The molecular weight excluding hydrogens is 134 g/mol. The van der Waals surface area contributed by atoms with Crippen molar-refractivity contribution in [2.24, 2.45) is 0 Å². The van der Waals surface area contributed by atoms with E-state index in [0.717, 1.165) is 0 Å². The first-order valence-electron chi connectivity index (χ1n) is 4.45. The van der Waals surface area contributed by atoms with E-state index in [1.165, 1.54) is 25.7 Å². The topological polar surface area (TPSA) is 14.1 Å². The molecule has 0 bridgehead atoms. The minimum Gasteiger partial charge on any atom is -0.234 e. The van der Waals surface area contributed by atoms with E-state index in [0.29, 0.717) is 12.1 Å². The van der Waals surface area contributed by atoms with Gasteiger partial charge in [-0.1, -0.05) is 24.3 Å². The minimum absolute atomic E-state index is 0.611. The first-order valence-corrected chi connectivity index (χ1v) is 4.45. The fourth-order valence-electron chi connectivity index (χ4n) is 1.75. The molecule has 59 valence electrons. The Morgan fingerprint density at radius 1 is 0.727 bits per heavy atom. The van der Waals surface area contributed by atoms with E-state index in [2.05, 4.69) is 24.3 Å². The summed E-state index contributed by atoms with van der Waals surface area (Å²) >= 11 is 0. The standard InChI is InChI=1S/C10H14N/c1-2-6-9(5-1)11-10-7-3-4-8-10/h1-4,9-10H,5-8H2. The molecule has 2 aliphatic rings. The summed E-state index contributed by atoms with van der Waals surface area (Å²) in [6, 6.07) is 1.22. The normalized spacial score (nSPS) is 25.5. The summed E-state index contributed by atoms with van der Waals surface area (Å²) in [5.41, 5.74) is 0. The van der Waals surface area contributed by atoms with E-state index in [-0.39, 0.29) is 0 Å². The minimum atomic E-state index is 0.611. The molecule has 0 N–H and O–H groups in total. The van der Waals surface area contributed by atoms with E-state index >= 15 is 0 Å². The number of rotatable bonds is 2. The summed E-state index contributed by atoms with van der Waals surface area (Å²) in [4.78, 5) is 0. The van der Waals surface area contributed by atoms with Gasteiger partial charge in [-0.15, -0.1) is 0 Å². The van der Waals surface area contributed by atoms with Gasteiger partial charge in [0.05, 0.1) is 0 Å². The summed E-state index contributed by atoms with van der Waals surface area (Å²) in [5, 5.41) is 4.75. The van der Waals surface area contributed by atoms with E-state index in [1.54, 1.807) is 0 Å². The second-order valence-electron chi connectivity index (χ2n) is 3.34. The van der Waals surface area contributed by atoms with Crippen LogP contribution in [0.15, 0.2) is 24.3 Å². The Bertz CT molecular complexity index is 145. The molecule has 0 aromatic carbocycles. The summed E-state index contributed by atoms with van der Waals surface area (Å²) in [5.74, 6) is 0. The zero-order chi connectivity index (χ0) is 7.52. The lowest BCUT2D eigenvalue weighted by Gasteiger charge is -2.14. The molecule has 0 saturated carbocycles. The summed E-state index contributed by atoms with van der Waals surface area (Å²) in [6.45, 7) is 0. The van der Waals surface area contributed by atoms with Gasteiger partial charge in [-0.3, -0.25) is 0 Å². The second-order valence-corrected chi connectivity index (χ2v) is 3.34. The fourth-order valence-corrected chi connectivity index (χ4v) is 1.75. The molecule has 1 radical (unpaired) electrons. The van der Waals surface area contributed by atoms with Crippen LogP contribution in [0, 0.1) is 0 Å². The Morgan fingerprint density at radius 3 is 1.45 bits per heavy atom. The van der Waals surface area contributed by atoms with Crippen LogP contribution in [0.2, 0.25) is 0 Å². The number of hydrogen-bond donors (Lipinski definition) is 0. The smallest absolute Gasteiger partial charge is 0.0318 e. The molecule has 0 aromatic heterocycles. The quantitative estimate of drug-likeness (QED) is 0.532. The van der Waals surface area contributed by atoms with E-state index < -0.39 is 0 Å². The molecule has 1 nitrogen and oxygen atoms in total. The van der Waals surface area contributed by atoms with Crippen LogP contribution in [0.1, 0.15) is 25.7 Å². The van der Waals surface area contributed by atoms with Gasteiger partial charge in [0, 0.05) is 12.1 Å². The molecule has 0 atom stereocenters. The van der Waals surface area contributed by atoms with Gasteiger partial charge in [0.25, 0.3) is 0 Å². The highest BCUT2D eigenvalue weighted by Gasteiger charge is 2.17. The molecule has 2 aliphatic carbocycles. The molecule has 0 aromatic rings. The van der Waals surface area contributed by atoms with Gasteiger partial charge in [-0.05, 0) is 25.7 Å². The van der Waals surface area contributed by atoms with Gasteiger partial charge in [-0.25, -0.2) is 5.32 Å². The number of hydrogen-bond acceptors (Lipinski definition) is 0. The summed E-state index contributed by atoms with van der Waals surface area (Å²) < 4.78 is 0. The summed E-state index contributed by atoms with van der Waals surface area (Å²) in [6.07, 6.45) is 13.7. The fraction of sp³-hybridized carbons (Fsp3) is 0.600. The van der Waals surface area contributed by atoms with Crippen molar-refractivity contribution < 1.29 is 0 Å². The van der Waals surface area contributed by atoms with Gasteiger partial charge < -0.3 is 0 Å². The van der Waals surface area contributed by atoms with Gasteiger partial charge in [0.2, 0.25) is 0 Å². The molecular formula is C10H14N. The highest BCUT2D eigenvalue weighted by molar-refractivity contribution is 5.02. The highest BCUT2D eigenvalue weighted by Crippen LogP contribution is 2.17. The van der Waals surface area contributed by atoms with Crippen LogP contribution in [0.5, 0.6) is 0 Å². The van der Waals surface area contributed by atoms with E-state index in [9.17, 15) is 0 Å². The lowest BCUT2D eigenvalue weighted by molar-refractivity contribution is 0.440. The van der Waals surface area contributed by atoms with Crippen molar-refractivity contribution in [1.82, 2.24) is 5.32 Å². The van der Waals surface area contributed by atoms with E-state index in [4.69, 9.17) is 5.32 Å². The maximum atomic E-state index is 4.75. The van der Waals surface area contributed by atoms with Gasteiger partial charge >= 0.3 is 0 Å². The molecule has 11 heavy (non-hydrogen) atoms. The molecule has 0 aliphatic heterocycles. The van der Waals surface area contributed by atoms with Crippen molar-refractivity contribution in [2.45, 2.75) is 37.8 Å². The van der Waals surface area contributed by atoms with Crippen molar-refractivity contribution in [2.75, 3.05) is 0 Å². The third-order valence-corrected chi connectivity index (χ3v) is 2.39. The Hall–Kier alpha value is -0.560. The predicted molar refractivity (Wildman–Crippen MR) is 46.5 cm³/mol. The zero-order valence-corrected chi connectivity index (χ0v) is 6.74. The van der Waals surface area contributed by atoms with Crippen molar-refractivity contribution in [1.29, 1.82) is 0 Å². The summed E-state index contributed by atoms with van der Waals surface area (Å²) in [7, 11) is 0. The molecule has 1 heteroatoms. The van der Waals surface area contributed by atoms with Crippen LogP contribution in [0.3, 0.4) is 0 Å². The van der Waals surface area contributed by atoms with Crippen molar-refractivity contribution in [3.05, 3.63) is 24.3 Å². The van der Waals surface area contributed by atoms with Crippen LogP contribution in [0.25, 0.3) is 0 Å².